The molecule has 0 saturated heterocycles. The minimum atomic E-state index is -0.525. The van der Waals surface area contributed by atoms with Gasteiger partial charge in [0.2, 0.25) is 5.91 Å². The highest BCUT2D eigenvalue weighted by Crippen LogP contribution is 2.29. The Morgan fingerprint density at radius 3 is 2.79 bits per heavy atom. The third-order valence-electron chi connectivity index (χ3n) is 3.06. The SMILES string of the molecule is COc1ccc([N+](=O)[O-])cc1NC(=O)CSCc1cccc(Cl)c1. The fraction of sp³-hybridized carbons (Fsp3) is 0.188. The number of carbonyl (C=O) groups is 1. The van der Waals surface area contributed by atoms with Crippen molar-refractivity contribution in [3.05, 3.63) is 63.2 Å². The van der Waals surface area contributed by atoms with E-state index < -0.39 is 4.92 Å². The van der Waals surface area contributed by atoms with Gasteiger partial charge in [0.05, 0.1) is 23.5 Å². The van der Waals surface area contributed by atoms with Gasteiger partial charge in [-0.05, 0) is 23.8 Å². The van der Waals surface area contributed by atoms with Crippen LogP contribution < -0.4 is 10.1 Å². The first-order valence-electron chi connectivity index (χ1n) is 6.94. The van der Waals surface area contributed by atoms with E-state index in [-0.39, 0.29) is 23.0 Å². The van der Waals surface area contributed by atoms with Crippen LogP contribution in [0.4, 0.5) is 11.4 Å². The molecule has 126 valence electrons. The van der Waals surface area contributed by atoms with Gasteiger partial charge in [0.1, 0.15) is 5.75 Å². The first-order valence-corrected chi connectivity index (χ1v) is 8.47. The molecule has 2 aromatic carbocycles. The molecule has 2 aromatic rings. The highest BCUT2D eigenvalue weighted by atomic mass is 35.5. The third-order valence-corrected chi connectivity index (χ3v) is 4.30. The number of carbonyl (C=O) groups excluding carboxylic acids is 1. The summed E-state index contributed by atoms with van der Waals surface area (Å²) in [7, 11) is 1.44. The van der Waals surface area contributed by atoms with Crippen molar-refractivity contribution in [2.24, 2.45) is 0 Å². The van der Waals surface area contributed by atoms with Gasteiger partial charge in [0.25, 0.3) is 5.69 Å². The molecule has 0 bridgehead atoms. The average Bonchev–Trinajstić information content (AvgIpc) is 2.54. The van der Waals surface area contributed by atoms with E-state index in [1.165, 1.54) is 37.1 Å². The van der Waals surface area contributed by atoms with E-state index in [1.54, 1.807) is 6.07 Å². The smallest absolute Gasteiger partial charge is 0.271 e. The molecule has 1 amide bonds. The molecule has 0 aliphatic heterocycles. The molecule has 0 radical (unpaired) electrons. The van der Waals surface area contributed by atoms with Crippen LogP contribution in [0.2, 0.25) is 5.02 Å². The lowest BCUT2D eigenvalue weighted by atomic mass is 10.2. The number of ether oxygens (including phenoxy) is 1. The van der Waals surface area contributed by atoms with Crippen molar-refractivity contribution in [3.8, 4) is 5.75 Å². The molecule has 2 rings (SSSR count). The molecule has 6 nitrogen and oxygen atoms in total. The second-order valence-corrected chi connectivity index (χ2v) is 6.23. The number of nitro groups is 1. The Morgan fingerprint density at radius 2 is 2.12 bits per heavy atom. The summed E-state index contributed by atoms with van der Waals surface area (Å²) in [6.45, 7) is 0. The molecule has 0 atom stereocenters. The zero-order chi connectivity index (χ0) is 17.5. The number of non-ortho nitro benzene ring substituents is 1. The fourth-order valence-corrected chi connectivity index (χ4v) is 2.97. The average molecular weight is 367 g/mol. The number of rotatable bonds is 7. The summed E-state index contributed by atoms with van der Waals surface area (Å²) in [6.07, 6.45) is 0. The number of hydrogen-bond donors (Lipinski definition) is 1. The highest BCUT2D eigenvalue weighted by Gasteiger charge is 2.13. The Labute approximate surface area is 148 Å². The Bertz CT molecular complexity index is 755. The Balaban J connectivity index is 1.94. The lowest BCUT2D eigenvalue weighted by molar-refractivity contribution is -0.384. The van der Waals surface area contributed by atoms with Crippen LogP contribution in [0.3, 0.4) is 0 Å². The second-order valence-electron chi connectivity index (χ2n) is 4.81. The van der Waals surface area contributed by atoms with Crippen molar-refractivity contribution in [3.63, 3.8) is 0 Å². The molecule has 1 N–H and O–H groups in total. The maximum absolute atomic E-state index is 12.0. The topological polar surface area (TPSA) is 81.5 Å². The Morgan fingerprint density at radius 1 is 1.33 bits per heavy atom. The first kappa shape index (κ1) is 18.1. The number of benzene rings is 2. The van der Waals surface area contributed by atoms with Gasteiger partial charge in [0, 0.05) is 22.9 Å². The molecule has 0 aromatic heterocycles. The van der Waals surface area contributed by atoms with E-state index in [9.17, 15) is 14.9 Å². The van der Waals surface area contributed by atoms with Gasteiger partial charge in [-0.15, -0.1) is 11.8 Å². The Kier molecular flexibility index (Phi) is 6.45. The van der Waals surface area contributed by atoms with Crippen LogP contribution in [0.1, 0.15) is 5.56 Å². The quantitative estimate of drug-likeness (QED) is 0.588. The van der Waals surface area contributed by atoms with E-state index in [0.29, 0.717) is 16.5 Å². The maximum Gasteiger partial charge on any atom is 0.271 e. The summed E-state index contributed by atoms with van der Waals surface area (Å²) in [6, 6.07) is 11.5. The minimum absolute atomic E-state index is 0.113. The van der Waals surface area contributed by atoms with E-state index in [0.717, 1.165) is 5.56 Å². The molecule has 8 heteroatoms. The molecule has 0 aliphatic carbocycles. The monoisotopic (exact) mass is 366 g/mol. The molecule has 0 spiro atoms. The number of nitro benzene ring substituents is 1. The number of anilines is 1. The lowest BCUT2D eigenvalue weighted by Gasteiger charge is -2.10. The third kappa shape index (κ3) is 5.14. The number of hydrogen-bond acceptors (Lipinski definition) is 5. The molecule has 24 heavy (non-hydrogen) atoms. The molecular formula is C16H15ClN2O4S. The zero-order valence-electron chi connectivity index (χ0n) is 12.8. The van der Waals surface area contributed by atoms with Crippen molar-refractivity contribution >= 4 is 40.6 Å². The summed E-state index contributed by atoms with van der Waals surface area (Å²) in [4.78, 5) is 22.3. The van der Waals surface area contributed by atoms with Crippen LogP contribution in [-0.4, -0.2) is 23.7 Å². The van der Waals surface area contributed by atoms with Crippen molar-refractivity contribution in [2.45, 2.75) is 5.75 Å². The molecule has 0 heterocycles. The largest absolute Gasteiger partial charge is 0.495 e. The molecule has 0 unspecified atom stereocenters. The number of thioether (sulfide) groups is 1. The van der Waals surface area contributed by atoms with Crippen molar-refractivity contribution in [1.82, 2.24) is 0 Å². The van der Waals surface area contributed by atoms with Crippen LogP contribution in [0.5, 0.6) is 5.75 Å². The van der Waals surface area contributed by atoms with Gasteiger partial charge in [-0.3, -0.25) is 14.9 Å². The second kappa shape index (κ2) is 8.56. The van der Waals surface area contributed by atoms with E-state index in [1.807, 2.05) is 18.2 Å². The molecule has 0 saturated carbocycles. The standard InChI is InChI=1S/C16H15ClN2O4S/c1-23-15-6-5-13(19(21)22)8-14(15)18-16(20)10-24-9-11-3-2-4-12(17)7-11/h2-8H,9-10H2,1H3,(H,18,20). The zero-order valence-corrected chi connectivity index (χ0v) is 14.4. The number of amides is 1. The van der Waals surface area contributed by atoms with Crippen molar-refractivity contribution < 1.29 is 14.5 Å². The first-order chi connectivity index (χ1) is 11.5. The summed E-state index contributed by atoms with van der Waals surface area (Å²) in [5.41, 5.74) is 1.19. The number of nitrogens with zero attached hydrogens (tertiary/aromatic N) is 1. The minimum Gasteiger partial charge on any atom is -0.495 e. The van der Waals surface area contributed by atoms with E-state index >= 15 is 0 Å². The van der Waals surface area contributed by atoms with Gasteiger partial charge >= 0.3 is 0 Å². The fourth-order valence-electron chi connectivity index (χ4n) is 1.98. The molecular weight excluding hydrogens is 352 g/mol. The highest BCUT2D eigenvalue weighted by molar-refractivity contribution is 7.99. The van der Waals surface area contributed by atoms with Crippen molar-refractivity contribution in [2.75, 3.05) is 18.2 Å². The summed E-state index contributed by atoms with van der Waals surface area (Å²) >= 11 is 7.33. The van der Waals surface area contributed by atoms with Crippen LogP contribution in [0, 0.1) is 10.1 Å². The Hall–Kier alpha value is -2.25. The van der Waals surface area contributed by atoms with Crippen LogP contribution in [0.25, 0.3) is 0 Å². The van der Waals surface area contributed by atoms with Crippen LogP contribution >= 0.6 is 23.4 Å². The number of nitrogens with one attached hydrogen (secondary N) is 1. The normalized spacial score (nSPS) is 10.2. The summed E-state index contributed by atoms with van der Waals surface area (Å²) in [5, 5.41) is 14.1. The van der Waals surface area contributed by atoms with Gasteiger partial charge in [-0.1, -0.05) is 23.7 Å². The summed E-state index contributed by atoms with van der Waals surface area (Å²) < 4.78 is 5.11. The van der Waals surface area contributed by atoms with E-state index in [4.69, 9.17) is 16.3 Å². The van der Waals surface area contributed by atoms with E-state index in [2.05, 4.69) is 5.32 Å². The van der Waals surface area contributed by atoms with Gasteiger partial charge in [-0.25, -0.2) is 0 Å². The predicted octanol–water partition coefficient (Wildman–Crippen LogP) is 4.13. The predicted molar refractivity (Wildman–Crippen MR) is 95.9 cm³/mol. The number of methoxy groups -OCH3 is 1. The maximum atomic E-state index is 12.0. The van der Waals surface area contributed by atoms with Crippen LogP contribution in [-0.2, 0) is 10.5 Å². The van der Waals surface area contributed by atoms with Gasteiger partial charge in [0.15, 0.2) is 0 Å². The van der Waals surface area contributed by atoms with Gasteiger partial charge in [-0.2, -0.15) is 0 Å². The van der Waals surface area contributed by atoms with Crippen LogP contribution in [0.15, 0.2) is 42.5 Å². The van der Waals surface area contributed by atoms with Gasteiger partial charge < -0.3 is 10.1 Å². The molecule has 0 fully saturated rings. The number of halogens is 1. The summed E-state index contributed by atoms with van der Waals surface area (Å²) in [5.74, 6) is 0.952. The van der Waals surface area contributed by atoms with Crippen molar-refractivity contribution in [1.29, 1.82) is 0 Å². The molecule has 0 aliphatic rings. The lowest BCUT2D eigenvalue weighted by Crippen LogP contribution is -2.15.